The SMILES string of the molecule is Cc1cc(Br)cc(C(=O)NN2CCCCC2)c1. The molecule has 0 spiro atoms. The van der Waals surface area contributed by atoms with Gasteiger partial charge in [-0.05, 0) is 43.5 Å². The topological polar surface area (TPSA) is 32.3 Å². The number of nitrogens with zero attached hydrogens (tertiary/aromatic N) is 1. The lowest BCUT2D eigenvalue weighted by atomic mass is 10.1. The average molecular weight is 297 g/mol. The predicted octanol–water partition coefficient (Wildman–Crippen LogP) is 2.89. The number of carbonyl (C=O) groups is 1. The molecule has 4 heteroatoms. The Bertz CT molecular complexity index is 394. The molecule has 1 saturated heterocycles. The van der Waals surface area contributed by atoms with Gasteiger partial charge >= 0.3 is 0 Å². The molecule has 1 aromatic rings. The second-order valence-electron chi connectivity index (χ2n) is 4.51. The normalized spacial score (nSPS) is 16.8. The smallest absolute Gasteiger partial charge is 0.265 e. The molecule has 92 valence electrons. The van der Waals surface area contributed by atoms with Crippen molar-refractivity contribution in [2.45, 2.75) is 26.2 Å². The molecular formula is C13H17BrN2O. The van der Waals surface area contributed by atoms with Crippen LogP contribution in [0, 0.1) is 6.92 Å². The lowest BCUT2D eigenvalue weighted by Gasteiger charge is -2.26. The van der Waals surface area contributed by atoms with Crippen LogP contribution in [0.25, 0.3) is 0 Å². The Morgan fingerprint density at radius 1 is 1.24 bits per heavy atom. The molecule has 2 rings (SSSR count). The van der Waals surface area contributed by atoms with E-state index in [9.17, 15) is 4.79 Å². The highest BCUT2D eigenvalue weighted by Crippen LogP contribution is 2.15. The summed E-state index contributed by atoms with van der Waals surface area (Å²) in [7, 11) is 0. The quantitative estimate of drug-likeness (QED) is 0.910. The first-order valence-electron chi connectivity index (χ1n) is 5.98. The van der Waals surface area contributed by atoms with Crippen molar-refractivity contribution in [3.8, 4) is 0 Å². The molecule has 1 aliphatic rings. The van der Waals surface area contributed by atoms with E-state index in [0.717, 1.165) is 36.0 Å². The van der Waals surface area contributed by atoms with Gasteiger partial charge in [0.15, 0.2) is 0 Å². The minimum atomic E-state index is -0.0173. The van der Waals surface area contributed by atoms with Gasteiger partial charge in [0.2, 0.25) is 0 Å². The maximum Gasteiger partial charge on any atom is 0.265 e. The summed E-state index contributed by atoms with van der Waals surface area (Å²) < 4.78 is 0.946. The highest BCUT2D eigenvalue weighted by atomic mass is 79.9. The van der Waals surface area contributed by atoms with Crippen molar-refractivity contribution in [2.75, 3.05) is 13.1 Å². The lowest BCUT2D eigenvalue weighted by Crippen LogP contribution is -2.45. The third kappa shape index (κ3) is 3.54. The standard InChI is InChI=1S/C13H17BrN2O/c1-10-7-11(9-12(14)8-10)13(17)15-16-5-3-2-4-6-16/h7-9H,2-6H2,1H3,(H,15,17). The average Bonchev–Trinajstić information content (AvgIpc) is 2.29. The van der Waals surface area contributed by atoms with Gasteiger partial charge in [0, 0.05) is 23.1 Å². The van der Waals surface area contributed by atoms with Crippen LogP contribution in [0.15, 0.2) is 22.7 Å². The summed E-state index contributed by atoms with van der Waals surface area (Å²) in [5.74, 6) is -0.0173. The summed E-state index contributed by atoms with van der Waals surface area (Å²) in [6.07, 6.45) is 3.60. The molecule has 17 heavy (non-hydrogen) atoms. The lowest BCUT2D eigenvalue weighted by molar-refractivity contribution is 0.0750. The van der Waals surface area contributed by atoms with Gasteiger partial charge in [-0.15, -0.1) is 0 Å². The summed E-state index contributed by atoms with van der Waals surface area (Å²) in [6, 6.07) is 5.76. The molecule has 1 amide bonds. The molecule has 0 aromatic heterocycles. The van der Waals surface area contributed by atoms with Crippen molar-refractivity contribution in [3.63, 3.8) is 0 Å². The predicted molar refractivity (Wildman–Crippen MR) is 71.8 cm³/mol. The highest BCUT2D eigenvalue weighted by Gasteiger charge is 2.14. The van der Waals surface area contributed by atoms with Gasteiger partial charge in [0.1, 0.15) is 0 Å². The van der Waals surface area contributed by atoms with E-state index in [2.05, 4.69) is 21.4 Å². The number of rotatable bonds is 2. The zero-order chi connectivity index (χ0) is 12.3. The fourth-order valence-electron chi connectivity index (χ4n) is 2.08. The van der Waals surface area contributed by atoms with Crippen LogP contribution < -0.4 is 5.43 Å². The van der Waals surface area contributed by atoms with Crippen LogP contribution >= 0.6 is 15.9 Å². The zero-order valence-corrected chi connectivity index (χ0v) is 11.6. The summed E-state index contributed by atoms with van der Waals surface area (Å²) >= 11 is 3.41. The van der Waals surface area contributed by atoms with Crippen molar-refractivity contribution < 1.29 is 4.79 Å². The summed E-state index contributed by atoms with van der Waals surface area (Å²) in [5, 5.41) is 2.02. The molecule has 0 radical (unpaired) electrons. The van der Waals surface area contributed by atoms with E-state index in [-0.39, 0.29) is 5.91 Å². The van der Waals surface area contributed by atoms with E-state index in [1.54, 1.807) is 0 Å². The van der Waals surface area contributed by atoms with E-state index in [0.29, 0.717) is 5.56 Å². The Hall–Kier alpha value is -0.870. The van der Waals surface area contributed by atoms with Crippen molar-refractivity contribution >= 4 is 21.8 Å². The monoisotopic (exact) mass is 296 g/mol. The molecule has 1 aliphatic heterocycles. The fraction of sp³-hybridized carbons (Fsp3) is 0.462. The number of aryl methyl sites for hydroxylation is 1. The minimum Gasteiger partial charge on any atom is -0.285 e. The van der Waals surface area contributed by atoms with Crippen LogP contribution in [0.2, 0.25) is 0 Å². The minimum absolute atomic E-state index is 0.0173. The first-order valence-corrected chi connectivity index (χ1v) is 6.77. The number of carbonyl (C=O) groups excluding carboxylic acids is 1. The van der Waals surface area contributed by atoms with Crippen molar-refractivity contribution in [1.82, 2.24) is 10.4 Å². The first kappa shape index (κ1) is 12.6. The first-order chi connectivity index (χ1) is 8.15. The van der Waals surface area contributed by atoms with E-state index in [1.165, 1.54) is 6.42 Å². The van der Waals surface area contributed by atoms with Crippen LogP contribution in [0.4, 0.5) is 0 Å². The van der Waals surface area contributed by atoms with Gasteiger partial charge in [0.05, 0.1) is 0 Å². The van der Waals surface area contributed by atoms with Crippen LogP contribution in [-0.4, -0.2) is 24.0 Å². The Kier molecular flexibility index (Phi) is 4.18. The Balaban J connectivity index is 2.03. The van der Waals surface area contributed by atoms with Crippen LogP contribution in [0.5, 0.6) is 0 Å². The highest BCUT2D eigenvalue weighted by molar-refractivity contribution is 9.10. The molecule has 0 aliphatic carbocycles. The van der Waals surface area contributed by atoms with E-state index in [4.69, 9.17) is 0 Å². The number of halogens is 1. The number of piperidine rings is 1. The Morgan fingerprint density at radius 3 is 2.59 bits per heavy atom. The fourth-order valence-corrected chi connectivity index (χ4v) is 2.69. The largest absolute Gasteiger partial charge is 0.285 e. The number of amides is 1. The second-order valence-corrected chi connectivity index (χ2v) is 5.42. The van der Waals surface area contributed by atoms with E-state index < -0.39 is 0 Å². The number of hydrazine groups is 1. The molecule has 3 nitrogen and oxygen atoms in total. The van der Waals surface area contributed by atoms with Gasteiger partial charge in [0.25, 0.3) is 5.91 Å². The van der Waals surface area contributed by atoms with Crippen molar-refractivity contribution in [1.29, 1.82) is 0 Å². The zero-order valence-electron chi connectivity index (χ0n) is 10.0. The molecule has 0 bridgehead atoms. The third-order valence-electron chi connectivity index (χ3n) is 2.92. The Morgan fingerprint density at radius 2 is 1.94 bits per heavy atom. The van der Waals surface area contributed by atoms with Gasteiger partial charge < -0.3 is 0 Å². The molecule has 0 unspecified atom stereocenters. The molecule has 0 saturated carbocycles. The summed E-state index contributed by atoms with van der Waals surface area (Å²) in [4.78, 5) is 12.0. The molecule has 1 fully saturated rings. The van der Waals surface area contributed by atoms with Crippen LogP contribution in [0.1, 0.15) is 35.2 Å². The summed E-state index contributed by atoms with van der Waals surface area (Å²) in [6.45, 7) is 3.90. The molecule has 1 N–H and O–H groups in total. The second kappa shape index (κ2) is 5.65. The summed E-state index contributed by atoms with van der Waals surface area (Å²) in [5.41, 5.74) is 4.76. The van der Waals surface area contributed by atoms with Gasteiger partial charge in [-0.1, -0.05) is 22.4 Å². The molecule has 0 atom stereocenters. The van der Waals surface area contributed by atoms with Gasteiger partial charge in [-0.2, -0.15) is 0 Å². The number of hydrogen-bond donors (Lipinski definition) is 1. The van der Waals surface area contributed by atoms with Gasteiger partial charge in [-0.25, -0.2) is 5.01 Å². The maximum atomic E-state index is 12.0. The van der Waals surface area contributed by atoms with Crippen molar-refractivity contribution in [2.24, 2.45) is 0 Å². The van der Waals surface area contributed by atoms with Crippen LogP contribution in [0.3, 0.4) is 0 Å². The Labute approximate surface area is 110 Å². The van der Waals surface area contributed by atoms with Gasteiger partial charge in [-0.3, -0.25) is 10.2 Å². The molecular weight excluding hydrogens is 280 g/mol. The number of benzene rings is 1. The maximum absolute atomic E-state index is 12.0. The van der Waals surface area contributed by atoms with Crippen molar-refractivity contribution in [3.05, 3.63) is 33.8 Å². The van der Waals surface area contributed by atoms with Crippen LogP contribution in [-0.2, 0) is 0 Å². The molecule has 1 aromatic carbocycles. The third-order valence-corrected chi connectivity index (χ3v) is 3.38. The number of nitrogens with one attached hydrogen (secondary N) is 1. The molecule has 1 heterocycles. The number of hydrogen-bond acceptors (Lipinski definition) is 2. The van der Waals surface area contributed by atoms with E-state index in [1.807, 2.05) is 30.1 Å². The van der Waals surface area contributed by atoms with E-state index >= 15 is 0 Å².